The Kier molecular flexibility index (Phi) is 1.81. The van der Waals surface area contributed by atoms with E-state index in [1.807, 2.05) is 18.2 Å². The van der Waals surface area contributed by atoms with Crippen LogP contribution >= 0.6 is 0 Å². The van der Waals surface area contributed by atoms with Gasteiger partial charge in [0, 0.05) is 11.3 Å². The number of fused-ring (bicyclic) bond motifs is 1. The van der Waals surface area contributed by atoms with Gasteiger partial charge in [0.05, 0.1) is 13.7 Å². The number of hydrogen-bond acceptors (Lipinski definition) is 4. The van der Waals surface area contributed by atoms with Crippen LogP contribution in [0.15, 0.2) is 23.2 Å². The van der Waals surface area contributed by atoms with Crippen molar-refractivity contribution >= 4 is 11.6 Å². The smallest absolute Gasteiger partial charge is 0.193 e. The second kappa shape index (κ2) is 2.97. The molecule has 0 amide bonds. The van der Waals surface area contributed by atoms with Gasteiger partial charge in [0.2, 0.25) is 0 Å². The highest BCUT2D eigenvalue weighted by Gasteiger charge is 2.12. The van der Waals surface area contributed by atoms with Gasteiger partial charge in [-0.2, -0.15) is 0 Å². The molecule has 0 aliphatic carbocycles. The quantitative estimate of drug-likeness (QED) is 0.671. The Balaban J connectivity index is 2.45. The van der Waals surface area contributed by atoms with Crippen molar-refractivity contribution in [2.45, 2.75) is 6.54 Å². The van der Waals surface area contributed by atoms with E-state index in [9.17, 15) is 0 Å². The monoisotopic (exact) mass is 177 g/mol. The maximum atomic E-state index is 5.54. The summed E-state index contributed by atoms with van der Waals surface area (Å²) >= 11 is 0. The molecule has 1 aliphatic rings. The molecule has 0 saturated carbocycles. The summed E-state index contributed by atoms with van der Waals surface area (Å²) in [6, 6.07) is 5.79. The van der Waals surface area contributed by atoms with E-state index in [0.29, 0.717) is 12.5 Å². The molecular formula is C9H11N3O. The molecular weight excluding hydrogens is 166 g/mol. The van der Waals surface area contributed by atoms with Crippen LogP contribution in [0.4, 0.5) is 5.69 Å². The number of aliphatic imine (C=N–C) groups is 1. The van der Waals surface area contributed by atoms with Crippen LogP contribution in [0, 0.1) is 0 Å². The van der Waals surface area contributed by atoms with Crippen LogP contribution in [0.25, 0.3) is 0 Å². The fourth-order valence-corrected chi connectivity index (χ4v) is 1.38. The number of nitrogens with two attached hydrogens (primary N) is 1. The Morgan fingerprint density at radius 2 is 2.38 bits per heavy atom. The van der Waals surface area contributed by atoms with Gasteiger partial charge in [-0.1, -0.05) is 6.07 Å². The number of methoxy groups -OCH3 is 1. The molecule has 13 heavy (non-hydrogen) atoms. The first kappa shape index (κ1) is 7.91. The Bertz CT molecular complexity index is 360. The fourth-order valence-electron chi connectivity index (χ4n) is 1.38. The molecule has 0 bridgehead atoms. The zero-order chi connectivity index (χ0) is 9.26. The van der Waals surface area contributed by atoms with Crippen molar-refractivity contribution in [2.75, 3.05) is 12.4 Å². The average molecular weight is 177 g/mol. The van der Waals surface area contributed by atoms with Crippen LogP contribution in [-0.4, -0.2) is 13.1 Å². The zero-order valence-electron chi connectivity index (χ0n) is 7.37. The highest BCUT2D eigenvalue weighted by atomic mass is 16.5. The third kappa shape index (κ3) is 1.30. The number of guanidine groups is 1. The lowest BCUT2D eigenvalue weighted by Crippen LogP contribution is -2.26. The predicted octanol–water partition coefficient (Wildman–Crippen LogP) is 0.935. The van der Waals surface area contributed by atoms with Gasteiger partial charge in [-0.15, -0.1) is 0 Å². The summed E-state index contributed by atoms with van der Waals surface area (Å²) < 4.78 is 5.20. The summed E-state index contributed by atoms with van der Waals surface area (Å²) in [7, 11) is 1.65. The molecule has 0 fully saturated rings. The van der Waals surface area contributed by atoms with Crippen molar-refractivity contribution in [2.24, 2.45) is 10.7 Å². The fraction of sp³-hybridized carbons (Fsp3) is 0.222. The van der Waals surface area contributed by atoms with Crippen molar-refractivity contribution in [1.82, 2.24) is 0 Å². The topological polar surface area (TPSA) is 59.6 Å². The van der Waals surface area contributed by atoms with Crippen LogP contribution < -0.4 is 15.8 Å². The minimum Gasteiger partial charge on any atom is -0.496 e. The number of nitrogens with zero attached hydrogens (tertiary/aromatic N) is 1. The molecule has 0 saturated heterocycles. The summed E-state index contributed by atoms with van der Waals surface area (Å²) in [5.41, 5.74) is 7.57. The standard InChI is InChI=1S/C9H11N3O/c1-13-8-4-2-3-7-6(8)5-11-9(10)12-7/h2-4H,5H2,1H3,(H3,10,11,12). The van der Waals surface area contributed by atoms with Gasteiger partial charge in [0.15, 0.2) is 5.96 Å². The molecule has 2 rings (SSSR count). The molecule has 1 aromatic rings. The number of nitrogens with one attached hydrogen (secondary N) is 1. The van der Waals surface area contributed by atoms with Gasteiger partial charge in [-0.25, -0.2) is 4.99 Å². The van der Waals surface area contributed by atoms with Gasteiger partial charge in [-0.3, -0.25) is 0 Å². The van der Waals surface area contributed by atoms with Crippen LogP contribution in [0.5, 0.6) is 5.75 Å². The van der Waals surface area contributed by atoms with Crippen molar-refractivity contribution in [3.8, 4) is 5.75 Å². The van der Waals surface area contributed by atoms with Gasteiger partial charge in [0.25, 0.3) is 0 Å². The summed E-state index contributed by atoms with van der Waals surface area (Å²) in [6.07, 6.45) is 0. The first-order valence-corrected chi connectivity index (χ1v) is 4.04. The molecule has 4 nitrogen and oxygen atoms in total. The molecule has 1 heterocycles. The number of rotatable bonds is 1. The molecule has 4 heteroatoms. The zero-order valence-corrected chi connectivity index (χ0v) is 7.37. The first-order chi connectivity index (χ1) is 6.31. The number of hydrogen-bond donors (Lipinski definition) is 2. The van der Waals surface area contributed by atoms with Gasteiger partial charge >= 0.3 is 0 Å². The molecule has 3 N–H and O–H groups in total. The van der Waals surface area contributed by atoms with Crippen LogP contribution in [0.3, 0.4) is 0 Å². The molecule has 0 aromatic heterocycles. The second-order valence-electron chi connectivity index (χ2n) is 2.81. The van der Waals surface area contributed by atoms with E-state index in [0.717, 1.165) is 17.0 Å². The lowest BCUT2D eigenvalue weighted by molar-refractivity contribution is 0.410. The molecule has 0 radical (unpaired) electrons. The SMILES string of the molecule is COc1cccc2c1CN=C(N)N2. The lowest BCUT2D eigenvalue weighted by Gasteiger charge is -2.17. The van der Waals surface area contributed by atoms with E-state index >= 15 is 0 Å². The van der Waals surface area contributed by atoms with E-state index < -0.39 is 0 Å². The maximum Gasteiger partial charge on any atom is 0.193 e. The third-order valence-electron chi connectivity index (χ3n) is 2.02. The summed E-state index contributed by atoms with van der Waals surface area (Å²) in [5.74, 6) is 1.31. The minimum atomic E-state index is 0.459. The van der Waals surface area contributed by atoms with Crippen LogP contribution in [0.1, 0.15) is 5.56 Å². The normalized spacial score (nSPS) is 14.1. The largest absolute Gasteiger partial charge is 0.496 e. The highest BCUT2D eigenvalue weighted by molar-refractivity contribution is 5.95. The van der Waals surface area contributed by atoms with Crippen LogP contribution in [0.2, 0.25) is 0 Å². The predicted molar refractivity (Wildman–Crippen MR) is 51.9 cm³/mol. The minimum absolute atomic E-state index is 0.459. The molecule has 68 valence electrons. The molecule has 0 atom stereocenters. The highest BCUT2D eigenvalue weighted by Crippen LogP contribution is 2.28. The third-order valence-corrected chi connectivity index (χ3v) is 2.02. The number of anilines is 1. The Hall–Kier alpha value is -1.71. The van der Waals surface area contributed by atoms with Gasteiger partial charge < -0.3 is 15.8 Å². The average Bonchev–Trinajstić information content (AvgIpc) is 2.16. The second-order valence-corrected chi connectivity index (χ2v) is 2.81. The van der Waals surface area contributed by atoms with Crippen LogP contribution in [-0.2, 0) is 6.54 Å². The molecule has 1 aliphatic heterocycles. The maximum absolute atomic E-state index is 5.54. The van der Waals surface area contributed by atoms with E-state index in [2.05, 4.69) is 10.3 Å². The van der Waals surface area contributed by atoms with E-state index in [1.165, 1.54) is 0 Å². The van der Waals surface area contributed by atoms with Crippen molar-refractivity contribution < 1.29 is 4.74 Å². The molecule has 0 spiro atoms. The summed E-state index contributed by atoms with van der Waals surface area (Å²) in [4.78, 5) is 4.08. The Morgan fingerprint density at radius 1 is 1.54 bits per heavy atom. The summed E-state index contributed by atoms with van der Waals surface area (Å²) in [6.45, 7) is 0.582. The van der Waals surface area contributed by atoms with Crippen molar-refractivity contribution in [3.05, 3.63) is 23.8 Å². The van der Waals surface area contributed by atoms with Gasteiger partial charge in [-0.05, 0) is 12.1 Å². The summed E-state index contributed by atoms with van der Waals surface area (Å²) in [5, 5.41) is 2.98. The number of benzene rings is 1. The first-order valence-electron chi connectivity index (χ1n) is 4.04. The number of ether oxygens (including phenoxy) is 1. The Labute approximate surface area is 76.4 Å². The lowest BCUT2D eigenvalue weighted by atomic mass is 10.1. The Morgan fingerprint density at radius 3 is 3.15 bits per heavy atom. The van der Waals surface area contributed by atoms with E-state index in [4.69, 9.17) is 10.5 Å². The van der Waals surface area contributed by atoms with Crippen molar-refractivity contribution in [3.63, 3.8) is 0 Å². The van der Waals surface area contributed by atoms with E-state index in [1.54, 1.807) is 7.11 Å². The van der Waals surface area contributed by atoms with E-state index in [-0.39, 0.29) is 0 Å². The van der Waals surface area contributed by atoms with Crippen molar-refractivity contribution in [1.29, 1.82) is 0 Å². The molecule has 0 unspecified atom stereocenters. The van der Waals surface area contributed by atoms with Gasteiger partial charge in [0.1, 0.15) is 5.75 Å². The molecule has 1 aromatic carbocycles.